The molecule has 0 bridgehead atoms. The van der Waals surface area contributed by atoms with Gasteiger partial charge in [-0.3, -0.25) is 24.0 Å². The van der Waals surface area contributed by atoms with Crippen molar-refractivity contribution < 1.29 is 33.5 Å². The number of nitrogens with two attached hydrogens (primary N) is 1. The Kier molecular flexibility index (Phi) is 13.1. The second-order valence-electron chi connectivity index (χ2n) is 18.4. The van der Waals surface area contributed by atoms with Gasteiger partial charge in [-0.25, -0.2) is 4.79 Å². The largest absolute Gasteiger partial charge is 0.363 e. The summed E-state index contributed by atoms with van der Waals surface area (Å²) in [6, 6.07) is -3.59. The zero-order valence-corrected chi connectivity index (χ0v) is 32.9. The molecule has 14 nitrogen and oxygen atoms in total. The normalized spacial score (nSPS) is 24.9. The molecule has 2 saturated carbocycles. The number of ether oxygens (including phenoxy) is 1. The molecule has 6 amide bonds. The number of nitrogens with zero attached hydrogens (tertiary/aromatic N) is 2. The van der Waals surface area contributed by atoms with Gasteiger partial charge in [0.25, 0.3) is 11.8 Å². The highest BCUT2D eigenvalue weighted by Gasteiger charge is 2.51. The summed E-state index contributed by atoms with van der Waals surface area (Å²) >= 11 is 0. The number of carbonyl (C=O) groups excluding carboxylic acids is 6. The molecule has 0 radical (unpaired) electrons. The number of piperazine rings is 1. The van der Waals surface area contributed by atoms with E-state index >= 15 is 0 Å². The van der Waals surface area contributed by atoms with Crippen LogP contribution < -0.4 is 27.0 Å². The Labute approximate surface area is 309 Å². The lowest BCUT2D eigenvalue weighted by Gasteiger charge is -2.44. The summed E-state index contributed by atoms with van der Waals surface area (Å²) in [6.45, 7) is 19.2. The van der Waals surface area contributed by atoms with E-state index in [1.54, 1.807) is 25.7 Å². The fraction of sp³-hybridized carbons (Fsp3) is 0.842. The summed E-state index contributed by atoms with van der Waals surface area (Å²) in [7, 11) is 0. The first-order chi connectivity index (χ1) is 24.1. The quantitative estimate of drug-likeness (QED) is 0.141. The number of amides is 6. The van der Waals surface area contributed by atoms with E-state index in [1.807, 2.05) is 27.7 Å². The fourth-order valence-corrected chi connectivity index (χ4v) is 7.99. The minimum Gasteiger partial charge on any atom is -0.363 e. The molecule has 4 rings (SSSR count). The SMILES string of the molecule is C[C@H]1CN(C(=O)[C@@H](NC(=O)NC(OC(C)(C)C)C(=O)N2CC(C(C)(C)C3CCC3)C[C@H]2C(=O)NC(CC2CCC2)C(=O)C(N)=O)C(C)(C)C)CCN1. The predicted octanol–water partition coefficient (Wildman–Crippen LogP) is 2.43. The lowest BCUT2D eigenvalue weighted by molar-refractivity contribution is -0.158. The molecule has 2 aliphatic heterocycles. The van der Waals surface area contributed by atoms with Crippen LogP contribution in [0.2, 0.25) is 0 Å². The third-order valence-electron chi connectivity index (χ3n) is 11.8. The average Bonchev–Trinajstić information content (AvgIpc) is 3.44. The molecule has 294 valence electrons. The number of rotatable bonds is 13. The van der Waals surface area contributed by atoms with Gasteiger partial charge in [0.2, 0.25) is 23.8 Å². The van der Waals surface area contributed by atoms with E-state index in [-0.39, 0.29) is 35.7 Å². The monoisotopic (exact) mass is 731 g/mol. The Morgan fingerprint density at radius 3 is 1.98 bits per heavy atom. The van der Waals surface area contributed by atoms with Crippen molar-refractivity contribution in [2.45, 2.75) is 150 Å². The molecular formula is C38H65N7O7. The van der Waals surface area contributed by atoms with E-state index in [1.165, 1.54) is 4.90 Å². The first kappa shape index (κ1) is 41.5. The molecule has 52 heavy (non-hydrogen) atoms. The zero-order chi connectivity index (χ0) is 38.8. The predicted molar refractivity (Wildman–Crippen MR) is 196 cm³/mol. The number of likely N-dealkylation sites (tertiary alicyclic amines) is 1. The number of Topliss-reactive ketones (excluding diaryl/α,β-unsaturated/α-hetero) is 1. The first-order valence-electron chi connectivity index (χ1n) is 19.3. The third-order valence-corrected chi connectivity index (χ3v) is 11.8. The average molecular weight is 732 g/mol. The maximum absolute atomic E-state index is 14.6. The highest BCUT2D eigenvalue weighted by atomic mass is 16.5. The van der Waals surface area contributed by atoms with Gasteiger partial charge in [0, 0.05) is 32.2 Å². The van der Waals surface area contributed by atoms with Crippen LogP contribution in [0.4, 0.5) is 4.79 Å². The summed E-state index contributed by atoms with van der Waals surface area (Å²) in [5.74, 6) is -2.74. The van der Waals surface area contributed by atoms with Crippen molar-refractivity contribution in [3.63, 3.8) is 0 Å². The van der Waals surface area contributed by atoms with Gasteiger partial charge in [-0.1, -0.05) is 60.3 Å². The number of nitrogens with one attached hydrogen (secondary N) is 4. The molecule has 4 fully saturated rings. The molecule has 0 aromatic heterocycles. The minimum absolute atomic E-state index is 0.0529. The number of ketones is 1. The second-order valence-corrected chi connectivity index (χ2v) is 18.4. The van der Waals surface area contributed by atoms with Crippen LogP contribution in [0.5, 0.6) is 0 Å². The lowest BCUT2D eigenvalue weighted by Crippen LogP contribution is -2.63. The highest BCUT2D eigenvalue weighted by Crippen LogP contribution is 2.50. The summed E-state index contributed by atoms with van der Waals surface area (Å²) < 4.78 is 6.18. The van der Waals surface area contributed by atoms with Crippen LogP contribution in [0.1, 0.15) is 114 Å². The summed E-state index contributed by atoms with van der Waals surface area (Å²) in [5.41, 5.74) is 3.67. The van der Waals surface area contributed by atoms with Crippen molar-refractivity contribution in [3.8, 4) is 0 Å². The van der Waals surface area contributed by atoms with Crippen LogP contribution in [0, 0.1) is 28.6 Å². The van der Waals surface area contributed by atoms with Crippen molar-refractivity contribution in [2.24, 2.45) is 34.3 Å². The molecule has 0 spiro atoms. The Morgan fingerprint density at radius 1 is 0.846 bits per heavy atom. The Hall–Kier alpha value is -3.26. The van der Waals surface area contributed by atoms with Crippen molar-refractivity contribution in [3.05, 3.63) is 0 Å². The van der Waals surface area contributed by atoms with Gasteiger partial charge in [0.05, 0.1) is 11.6 Å². The number of hydrogen-bond donors (Lipinski definition) is 5. The van der Waals surface area contributed by atoms with Crippen LogP contribution in [0.15, 0.2) is 0 Å². The minimum atomic E-state index is -1.49. The molecule has 14 heteroatoms. The molecule has 0 aromatic rings. The van der Waals surface area contributed by atoms with E-state index in [0.717, 1.165) is 38.5 Å². The summed E-state index contributed by atoms with van der Waals surface area (Å²) in [5, 5.41) is 11.7. The van der Waals surface area contributed by atoms with E-state index in [2.05, 4.69) is 35.1 Å². The van der Waals surface area contributed by atoms with Gasteiger partial charge in [-0.15, -0.1) is 0 Å². The zero-order valence-electron chi connectivity index (χ0n) is 32.9. The van der Waals surface area contributed by atoms with Gasteiger partial charge >= 0.3 is 6.03 Å². The maximum atomic E-state index is 14.6. The maximum Gasteiger partial charge on any atom is 0.317 e. The number of hydrogen-bond acceptors (Lipinski definition) is 8. The molecule has 4 aliphatic rings. The topological polar surface area (TPSA) is 192 Å². The third kappa shape index (κ3) is 10.2. The van der Waals surface area contributed by atoms with E-state index in [9.17, 15) is 28.8 Å². The van der Waals surface area contributed by atoms with Crippen LogP contribution in [-0.2, 0) is 28.7 Å². The van der Waals surface area contributed by atoms with E-state index < -0.39 is 64.9 Å². The molecule has 2 heterocycles. The molecule has 3 unspecified atom stereocenters. The van der Waals surface area contributed by atoms with Gasteiger partial charge in [-0.2, -0.15) is 0 Å². The van der Waals surface area contributed by atoms with Gasteiger partial charge in [0.15, 0.2) is 0 Å². The standard InChI is InChI=1S/C38H65N7O7/c1-22-20-44(17-16-40-22)33(49)29(36(2,3)4)42-35(51)43-32(52-37(5,6)7)34(50)45-21-25(38(8,9)24-14-11-15-24)19-27(45)31(48)41-26(28(46)30(39)47)18-23-12-10-13-23/h22-27,29,32,40H,10-21H2,1-9H3,(H2,39,47)(H,41,48)(H2,42,43,51)/t22-,25?,26?,27-,29+,32?/m0/s1. The van der Waals surface area contributed by atoms with Gasteiger partial charge < -0.3 is 41.5 Å². The number of urea groups is 1. The summed E-state index contributed by atoms with van der Waals surface area (Å²) in [6.07, 6.45) is 5.27. The Morgan fingerprint density at radius 2 is 1.48 bits per heavy atom. The van der Waals surface area contributed by atoms with Gasteiger partial charge in [-0.05, 0) is 82.0 Å². The second kappa shape index (κ2) is 16.4. The van der Waals surface area contributed by atoms with E-state index in [0.29, 0.717) is 38.4 Å². The van der Waals surface area contributed by atoms with E-state index in [4.69, 9.17) is 10.5 Å². The van der Waals surface area contributed by atoms with Gasteiger partial charge in [0.1, 0.15) is 12.1 Å². The van der Waals surface area contributed by atoms with Crippen LogP contribution in [0.25, 0.3) is 0 Å². The smallest absolute Gasteiger partial charge is 0.317 e. The Bertz CT molecular complexity index is 1350. The molecule has 6 N–H and O–H groups in total. The van der Waals surface area contributed by atoms with Crippen molar-refractivity contribution >= 4 is 35.4 Å². The van der Waals surface area contributed by atoms with Crippen molar-refractivity contribution in [2.75, 3.05) is 26.2 Å². The van der Waals surface area contributed by atoms with Crippen molar-refractivity contribution in [1.82, 2.24) is 31.1 Å². The Balaban J connectivity index is 1.59. The number of primary amides is 1. The first-order valence-corrected chi connectivity index (χ1v) is 19.3. The van der Waals surface area contributed by atoms with Crippen LogP contribution in [-0.4, -0.2) is 107 Å². The fourth-order valence-electron chi connectivity index (χ4n) is 7.99. The molecule has 0 aromatic carbocycles. The van der Waals surface area contributed by atoms with Crippen molar-refractivity contribution in [1.29, 1.82) is 0 Å². The lowest BCUT2D eigenvalue weighted by atomic mass is 9.61. The number of carbonyl (C=O) groups is 6. The van der Waals surface area contributed by atoms with Crippen LogP contribution in [0.3, 0.4) is 0 Å². The molecular weight excluding hydrogens is 666 g/mol. The highest BCUT2D eigenvalue weighted by molar-refractivity contribution is 6.37. The summed E-state index contributed by atoms with van der Waals surface area (Å²) in [4.78, 5) is 84.3. The molecule has 6 atom stereocenters. The molecule has 2 aliphatic carbocycles. The molecule has 2 saturated heterocycles. The van der Waals surface area contributed by atoms with Crippen LogP contribution >= 0.6 is 0 Å².